The molecule has 0 saturated carbocycles. The van der Waals surface area contributed by atoms with Gasteiger partial charge < -0.3 is 45.3 Å². The maximum atomic E-state index is 13.8. The molecule has 14 heteroatoms. The van der Waals surface area contributed by atoms with E-state index < -0.39 is 54.0 Å². The van der Waals surface area contributed by atoms with E-state index in [4.69, 9.17) is 18.9 Å². The fraction of sp³-hybridized carbons (Fsp3) is 0.340. The van der Waals surface area contributed by atoms with Gasteiger partial charge in [0.25, 0.3) is 0 Å². The molecule has 14 nitrogen and oxygen atoms in total. The molecular formula is C50H60N4O10. The first kappa shape index (κ1) is 49.7. The largest absolute Gasteiger partial charge is 0.489 e. The normalized spacial score (nSPS) is 12.5. The molecule has 0 bridgehead atoms. The number of ether oxygens (including phenoxy) is 4. The number of rotatable bonds is 28. The van der Waals surface area contributed by atoms with Gasteiger partial charge in [0.2, 0.25) is 11.8 Å². The van der Waals surface area contributed by atoms with Crippen LogP contribution >= 0.6 is 0 Å². The predicted octanol–water partition coefficient (Wildman–Crippen LogP) is 6.86. The van der Waals surface area contributed by atoms with Crippen molar-refractivity contribution in [3.05, 3.63) is 163 Å². The van der Waals surface area contributed by atoms with Gasteiger partial charge in [0, 0.05) is 13.0 Å². The zero-order valence-corrected chi connectivity index (χ0v) is 36.2. The van der Waals surface area contributed by atoms with Crippen molar-refractivity contribution in [3.8, 4) is 5.75 Å². The molecular weight excluding hydrogens is 817 g/mol. The third-order valence-electron chi connectivity index (χ3n) is 9.92. The second-order valence-electron chi connectivity index (χ2n) is 15.1. The van der Waals surface area contributed by atoms with Gasteiger partial charge >= 0.3 is 18.2 Å². The Morgan fingerprint density at radius 1 is 0.609 bits per heavy atom. The van der Waals surface area contributed by atoms with Crippen molar-refractivity contribution >= 4 is 30.0 Å². The van der Waals surface area contributed by atoms with E-state index in [0.717, 1.165) is 22.3 Å². The summed E-state index contributed by atoms with van der Waals surface area (Å²) < 4.78 is 22.1. The van der Waals surface area contributed by atoms with Crippen LogP contribution in [0.25, 0.3) is 0 Å². The molecule has 4 aromatic rings. The standard InChI is InChI=1S/C50H60N4O10/c1-3-16-41(31-46(56)52-43(32-55)30-37-25-27-44(28-26-37)61-33-38-18-8-5-9-19-38)47(57)53-42(24-14-15-29-51-49(59)63-34-39-20-10-6-11-21-39)36-62-48(58)45(17-4-2)54-50(60)64-35-40-22-12-7-13-23-40/h3-13,18-23,25-28,41-43,45,55H,1-2,14-17,24,29-36H2,(H,51,59)(H,52,56)(H,53,57)(H,54,60)/t41-,42-,43-,45+/m0/s1. The molecule has 0 spiro atoms. The average Bonchev–Trinajstić information content (AvgIpc) is 3.31. The number of alkyl carbamates (subject to hydrolysis) is 2. The first-order valence-electron chi connectivity index (χ1n) is 21.4. The average molecular weight is 877 g/mol. The SMILES string of the molecule is C=CC[C@@H](CC(=O)N[C@H](CO)Cc1ccc(OCc2ccccc2)cc1)C(=O)N[C@@H](CCCCNC(=O)OCc1ccccc1)COC(=O)[C@@H](CC=C)NC(=O)OCc1ccccc1. The smallest absolute Gasteiger partial charge is 0.408 e. The van der Waals surface area contributed by atoms with E-state index in [1.807, 2.05) is 103 Å². The lowest BCUT2D eigenvalue weighted by Gasteiger charge is -2.24. The van der Waals surface area contributed by atoms with Crippen molar-refractivity contribution in [2.45, 2.75) is 82.9 Å². The third-order valence-corrected chi connectivity index (χ3v) is 9.92. The fourth-order valence-electron chi connectivity index (χ4n) is 6.47. The van der Waals surface area contributed by atoms with E-state index in [1.54, 1.807) is 18.2 Å². The molecule has 0 radical (unpaired) electrons. The summed E-state index contributed by atoms with van der Waals surface area (Å²) in [4.78, 5) is 65.3. The fourth-order valence-corrected chi connectivity index (χ4v) is 6.47. The molecule has 4 atom stereocenters. The lowest BCUT2D eigenvalue weighted by Crippen LogP contribution is -2.46. The Morgan fingerprint density at radius 3 is 1.77 bits per heavy atom. The zero-order valence-electron chi connectivity index (χ0n) is 36.2. The van der Waals surface area contributed by atoms with Gasteiger partial charge in [0.1, 0.15) is 38.2 Å². The number of nitrogens with one attached hydrogen (secondary N) is 4. The molecule has 0 aliphatic carbocycles. The molecule has 64 heavy (non-hydrogen) atoms. The maximum Gasteiger partial charge on any atom is 0.408 e. The topological polar surface area (TPSA) is 191 Å². The number of unbranched alkanes of at least 4 members (excludes halogenated alkanes) is 1. The second-order valence-corrected chi connectivity index (χ2v) is 15.1. The molecule has 0 aromatic heterocycles. The summed E-state index contributed by atoms with van der Waals surface area (Å²) >= 11 is 0. The van der Waals surface area contributed by atoms with Gasteiger partial charge in [0.05, 0.1) is 24.6 Å². The number of aliphatic hydroxyl groups is 1. The van der Waals surface area contributed by atoms with Gasteiger partial charge in [-0.3, -0.25) is 9.59 Å². The molecule has 4 rings (SSSR count). The van der Waals surface area contributed by atoms with Gasteiger partial charge in [-0.2, -0.15) is 0 Å². The summed E-state index contributed by atoms with van der Waals surface area (Å²) in [5, 5.41) is 21.2. The van der Waals surface area contributed by atoms with Gasteiger partial charge in [-0.15, -0.1) is 13.2 Å². The number of carbonyl (C=O) groups is 5. The lowest BCUT2D eigenvalue weighted by molar-refractivity contribution is -0.147. The Hall–Kier alpha value is -6.93. The minimum Gasteiger partial charge on any atom is -0.489 e. The van der Waals surface area contributed by atoms with Crippen LogP contribution in [-0.4, -0.2) is 73.0 Å². The number of carbonyl (C=O) groups excluding carboxylic acids is 5. The highest BCUT2D eigenvalue weighted by Crippen LogP contribution is 2.17. The summed E-state index contributed by atoms with van der Waals surface area (Å²) in [5.41, 5.74) is 3.54. The van der Waals surface area contributed by atoms with E-state index in [-0.39, 0.29) is 45.7 Å². The summed E-state index contributed by atoms with van der Waals surface area (Å²) in [6, 6.07) is 33.2. The van der Waals surface area contributed by atoms with E-state index in [0.29, 0.717) is 44.6 Å². The highest BCUT2D eigenvalue weighted by Gasteiger charge is 2.27. The van der Waals surface area contributed by atoms with Crippen molar-refractivity contribution in [1.82, 2.24) is 21.3 Å². The van der Waals surface area contributed by atoms with Gasteiger partial charge in [-0.05, 0) is 72.9 Å². The Labute approximate surface area is 375 Å². The van der Waals surface area contributed by atoms with Crippen LogP contribution in [0.3, 0.4) is 0 Å². The molecule has 0 saturated heterocycles. The van der Waals surface area contributed by atoms with E-state index in [9.17, 15) is 29.1 Å². The summed E-state index contributed by atoms with van der Waals surface area (Å²) in [5.74, 6) is -1.80. The molecule has 0 aliphatic heterocycles. The minimum atomic E-state index is -1.11. The quantitative estimate of drug-likeness (QED) is 0.0174. The molecule has 5 N–H and O–H groups in total. The van der Waals surface area contributed by atoms with Crippen LogP contribution in [-0.2, 0) is 54.8 Å². The molecule has 0 heterocycles. The Balaban J connectivity index is 1.32. The van der Waals surface area contributed by atoms with Gasteiger partial charge in [0.15, 0.2) is 0 Å². The molecule has 0 fully saturated rings. The van der Waals surface area contributed by atoms with Crippen LogP contribution in [0.1, 0.15) is 60.8 Å². The molecule has 0 unspecified atom stereocenters. The Morgan fingerprint density at radius 2 is 1.19 bits per heavy atom. The molecule has 4 aromatic carbocycles. The van der Waals surface area contributed by atoms with Crippen LogP contribution in [0.4, 0.5) is 9.59 Å². The first-order chi connectivity index (χ1) is 31.1. The van der Waals surface area contributed by atoms with Crippen LogP contribution in [0.15, 0.2) is 141 Å². The third kappa shape index (κ3) is 19.4. The number of aliphatic hydroxyl groups excluding tert-OH is 1. The second kappa shape index (κ2) is 28.6. The van der Waals surface area contributed by atoms with Crippen LogP contribution in [0.5, 0.6) is 5.75 Å². The summed E-state index contributed by atoms with van der Waals surface area (Å²) in [7, 11) is 0. The molecule has 4 amide bonds. The maximum absolute atomic E-state index is 13.8. The number of hydrogen-bond acceptors (Lipinski definition) is 10. The monoisotopic (exact) mass is 876 g/mol. The lowest BCUT2D eigenvalue weighted by atomic mass is 9.98. The van der Waals surface area contributed by atoms with Crippen LogP contribution in [0.2, 0.25) is 0 Å². The Bertz CT molecular complexity index is 2030. The highest BCUT2D eigenvalue weighted by molar-refractivity contribution is 5.86. The summed E-state index contributed by atoms with van der Waals surface area (Å²) in [6.45, 7) is 7.73. The Kier molecular flexibility index (Phi) is 22.2. The predicted molar refractivity (Wildman–Crippen MR) is 243 cm³/mol. The molecule has 340 valence electrons. The van der Waals surface area contributed by atoms with Crippen LogP contribution in [0, 0.1) is 5.92 Å². The van der Waals surface area contributed by atoms with Crippen molar-refractivity contribution in [1.29, 1.82) is 0 Å². The van der Waals surface area contributed by atoms with Crippen molar-refractivity contribution < 1.29 is 48.0 Å². The van der Waals surface area contributed by atoms with Gasteiger partial charge in [-0.25, -0.2) is 14.4 Å². The number of hydrogen-bond donors (Lipinski definition) is 5. The van der Waals surface area contributed by atoms with Gasteiger partial charge in [-0.1, -0.05) is 115 Å². The molecule has 0 aliphatic rings. The first-order valence-corrected chi connectivity index (χ1v) is 21.4. The number of esters is 1. The summed E-state index contributed by atoms with van der Waals surface area (Å²) in [6.07, 6.45) is 3.36. The van der Waals surface area contributed by atoms with E-state index in [2.05, 4.69) is 34.4 Å². The van der Waals surface area contributed by atoms with Crippen molar-refractivity contribution in [2.75, 3.05) is 19.8 Å². The zero-order chi connectivity index (χ0) is 45.8. The van der Waals surface area contributed by atoms with E-state index >= 15 is 0 Å². The van der Waals surface area contributed by atoms with E-state index in [1.165, 1.54) is 6.08 Å². The number of allylic oxidation sites excluding steroid dienone is 1. The van der Waals surface area contributed by atoms with Crippen molar-refractivity contribution in [3.63, 3.8) is 0 Å². The number of amides is 4. The minimum absolute atomic E-state index is 0.000329. The van der Waals surface area contributed by atoms with Crippen LogP contribution < -0.4 is 26.0 Å². The van der Waals surface area contributed by atoms with Crippen molar-refractivity contribution in [2.24, 2.45) is 5.92 Å². The number of benzene rings is 4. The highest BCUT2D eigenvalue weighted by atomic mass is 16.6.